The molecule has 0 aliphatic rings. The normalized spacial score (nSPS) is 11.4. The first-order valence-corrected chi connectivity index (χ1v) is 9.86. The van der Waals surface area contributed by atoms with Gasteiger partial charge in [0.05, 0.1) is 34.2 Å². The molecule has 1 N–H and O–H groups in total. The summed E-state index contributed by atoms with van der Waals surface area (Å²) in [5.74, 6) is 1.74. The minimum Gasteiger partial charge on any atom is -0.493 e. The van der Waals surface area contributed by atoms with Crippen LogP contribution in [0.3, 0.4) is 0 Å². The van der Waals surface area contributed by atoms with Crippen molar-refractivity contribution in [2.45, 2.75) is 20.8 Å². The summed E-state index contributed by atoms with van der Waals surface area (Å²) in [6, 6.07) is 7.19. The number of anilines is 1. The fraction of sp³-hybridized carbons (Fsp3) is 0.292. The number of ether oxygens (including phenoxy) is 4. The summed E-state index contributed by atoms with van der Waals surface area (Å²) in [7, 11) is 4.58. The molecule has 0 radical (unpaired) electrons. The second-order valence-corrected chi connectivity index (χ2v) is 6.93. The number of furan rings is 1. The Morgan fingerprint density at radius 3 is 2.29 bits per heavy atom. The number of carbonyl (C=O) groups is 1. The lowest BCUT2D eigenvalue weighted by Crippen LogP contribution is -2.09. The number of fused-ring (bicyclic) bond motifs is 1. The van der Waals surface area contributed by atoms with Gasteiger partial charge in [-0.05, 0) is 38.0 Å². The van der Waals surface area contributed by atoms with Crippen molar-refractivity contribution in [3.05, 3.63) is 47.7 Å². The highest BCUT2D eigenvalue weighted by Gasteiger charge is 2.16. The van der Waals surface area contributed by atoms with Crippen LogP contribution in [0, 0.1) is 6.92 Å². The molecule has 1 amide bonds. The topological polar surface area (TPSA) is 79.2 Å². The van der Waals surface area contributed by atoms with Gasteiger partial charge in [-0.1, -0.05) is 0 Å². The summed E-state index contributed by atoms with van der Waals surface area (Å²) in [6.45, 7) is 6.26. The van der Waals surface area contributed by atoms with Crippen LogP contribution in [0.15, 0.2) is 41.0 Å². The van der Waals surface area contributed by atoms with Crippen LogP contribution in [0.5, 0.6) is 23.0 Å². The smallest absolute Gasteiger partial charge is 0.248 e. The van der Waals surface area contributed by atoms with E-state index in [1.807, 2.05) is 32.9 Å². The standard InChI is InChI=1S/C24H27NO6/c1-7-30-19-12-20-18(15(3)13-31-20)11-17(19)14(2)8-23(26)25-16-9-21(27-4)24(29-6)22(10-16)28-5/h8-13H,7H2,1-6H3,(H,25,26)/b14-8+. The lowest BCUT2D eigenvalue weighted by Gasteiger charge is -2.14. The third-order valence-corrected chi connectivity index (χ3v) is 4.87. The third-order valence-electron chi connectivity index (χ3n) is 4.87. The van der Waals surface area contributed by atoms with Crippen molar-refractivity contribution in [3.8, 4) is 23.0 Å². The summed E-state index contributed by atoms with van der Waals surface area (Å²) in [5, 5.41) is 3.83. The number of benzene rings is 2. The summed E-state index contributed by atoms with van der Waals surface area (Å²) in [6.07, 6.45) is 3.24. The molecule has 0 aliphatic heterocycles. The summed E-state index contributed by atoms with van der Waals surface area (Å²) in [4.78, 5) is 12.7. The molecule has 0 saturated carbocycles. The minimum absolute atomic E-state index is 0.293. The zero-order chi connectivity index (χ0) is 22.5. The van der Waals surface area contributed by atoms with Gasteiger partial charge in [-0.25, -0.2) is 0 Å². The van der Waals surface area contributed by atoms with Gasteiger partial charge in [-0.2, -0.15) is 0 Å². The molecular formula is C24H27NO6. The van der Waals surface area contributed by atoms with E-state index in [0.717, 1.165) is 27.7 Å². The number of methoxy groups -OCH3 is 3. The first kappa shape index (κ1) is 22.1. The average Bonchev–Trinajstić information content (AvgIpc) is 3.12. The average molecular weight is 425 g/mol. The molecule has 0 fully saturated rings. The van der Waals surface area contributed by atoms with Crippen molar-refractivity contribution in [1.82, 2.24) is 0 Å². The van der Waals surface area contributed by atoms with Crippen LogP contribution in [-0.2, 0) is 4.79 Å². The number of aryl methyl sites for hydroxylation is 1. The van der Waals surface area contributed by atoms with Gasteiger partial charge in [0.15, 0.2) is 11.5 Å². The number of rotatable bonds is 8. The Morgan fingerprint density at radius 2 is 1.71 bits per heavy atom. The Hall–Kier alpha value is -3.61. The SMILES string of the molecule is CCOc1cc2occ(C)c2cc1/C(C)=C/C(=O)Nc1cc(OC)c(OC)c(OC)c1. The van der Waals surface area contributed by atoms with Crippen LogP contribution >= 0.6 is 0 Å². The second-order valence-electron chi connectivity index (χ2n) is 6.93. The van der Waals surface area contributed by atoms with E-state index >= 15 is 0 Å². The van der Waals surface area contributed by atoms with E-state index < -0.39 is 0 Å². The van der Waals surface area contributed by atoms with E-state index in [1.165, 1.54) is 27.4 Å². The first-order chi connectivity index (χ1) is 14.9. The van der Waals surface area contributed by atoms with Crippen molar-refractivity contribution in [1.29, 1.82) is 0 Å². The van der Waals surface area contributed by atoms with Gasteiger partial charge >= 0.3 is 0 Å². The second kappa shape index (κ2) is 9.47. The van der Waals surface area contributed by atoms with Crippen molar-refractivity contribution in [2.75, 3.05) is 33.3 Å². The third kappa shape index (κ3) is 4.60. The molecule has 0 atom stereocenters. The van der Waals surface area contributed by atoms with Crippen LogP contribution in [0.4, 0.5) is 5.69 Å². The molecule has 0 aliphatic carbocycles. The number of allylic oxidation sites excluding steroid dienone is 1. The zero-order valence-corrected chi connectivity index (χ0v) is 18.6. The van der Waals surface area contributed by atoms with Gasteiger partial charge in [0, 0.05) is 40.9 Å². The van der Waals surface area contributed by atoms with Crippen molar-refractivity contribution in [2.24, 2.45) is 0 Å². The highest BCUT2D eigenvalue weighted by Crippen LogP contribution is 2.40. The molecule has 0 spiro atoms. The molecule has 164 valence electrons. The fourth-order valence-electron chi connectivity index (χ4n) is 3.37. The van der Waals surface area contributed by atoms with E-state index in [4.69, 9.17) is 23.4 Å². The molecule has 1 heterocycles. The molecule has 7 heteroatoms. The van der Waals surface area contributed by atoms with Crippen molar-refractivity contribution >= 4 is 28.1 Å². The quantitative estimate of drug-likeness (QED) is 0.499. The molecule has 3 rings (SSSR count). The molecule has 0 unspecified atom stereocenters. The fourth-order valence-corrected chi connectivity index (χ4v) is 3.37. The molecular weight excluding hydrogens is 398 g/mol. The first-order valence-electron chi connectivity index (χ1n) is 9.86. The Kier molecular flexibility index (Phi) is 6.74. The Labute approximate surface area is 181 Å². The molecule has 3 aromatic rings. The van der Waals surface area contributed by atoms with Gasteiger partial charge in [0.1, 0.15) is 11.3 Å². The molecule has 7 nitrogen and oxygen atoms in total. The molecule has 2 aromatic carbocycles. The minimum atomic E-state index is -0.293. The maximum absolute atomic E-state index is 12.7. The Balaban J connectivity index is 1.93. The van der Waals surface area contributed by atoms with Crippen LogP contribution < -0.4 is 24.3 Å². The van der Waals surface area contributed by atoms with Gasteiger partial charge in [0.25, 0.3) is 0 Å². The van der Waals surface area contributed by atoms with Crippen LogP contribution in [-0.4, -0.2) is 33.8 Å². The van der Waals surface area contributed by atoms with Crippen molar-refractivity contribution in [3.63, 3.8) is 0 Å². The number of hydrogen-bond acceptors (Lipinski definition) is 6. The van der Waals surface area contributed by atoms with E-state index in [0.29, 0.717) is 35.3 Å². The lowest BCUT2D eigenvalue weighted by molar-refractivity contribution is -0.111. The maximum Gasteiger partial charge on any atom is 0.248 e. The summed E-state index contributed by atoms with van der Waals surface area (Å²) < 4.78 is 27.4. The summed E-state index contributed by atoms with van der Waals surface area (Å²) in [5.41, 5.74) is 3.89. The van der Waals surface area contributed by atoms with E-state index in [2.05, 4.69) is 5.32 Å². The van der Waals surface area contributed by atoms with Gasteiger partial charge in [-0.15, -0.1) is 0 Å². The number of carbonyl (C=O) groups excluding carboxylic acids is 1. The van der Waals surface area contributed by atoms with E-state index in [1.54, 1.807) is 18.4 Å². The van der Waals surface area contributed by atoms with Crippen LogP contribution in [0.2, 0.25) is 0 Å². The Morgan fingerprint density at radius 1 is 1.03 bits per heavy atom. The Bertz CT molecular complexity index is 1100. The molecule has 0 saturated heterocycles. The van der Waals surface area contributed by atoms with Crippen LogP contribution in [0.25, 0.3) is 16.5 Å². The maximum atomic E-state index is 12.7. The van der Waals surface area contributed by atoms with Crippen molar-refractivity contribution < 1.29 is 28.2 Å². The molecule has 0 bridgehead atoms. The predicted octanol–water partition coefficient (Wildman–Crippen LogP) is 5.21. The highest BCUT2D eigenvalue weighted by molar-refractivity contribution is 6.05. The number of hydrogen-bond donors (Lipinski definition) is 1. The molecule has 31 heavy (non-hydrogen) atoms. The van der Waals surface area contributed by atoms with Crippen LogP contribution in [0.1, 0.15) is 25.0 Å². The highest BCUT2D eigenvalue weighted by atomic mass is 16.5. The number of nitrogens with one attached hydrogen (secondary N) is 1. The summed E-state index contributed by atoms with van der Waals surface area (Å²) >= 11 is 0. The molecule has 1 aromatic heterocycles. The zero-order valence-electron chi connectivity index (χ0n) is 18.6. The van der Waals surface area contributed by atoms with Gasteiger partial charge < -0.3 is 28.7 Å². The van der Waals surface area contributed by atoms with Gasteiger partial charge in [-0.3, -0.25) is 4.79 Å². The van der Waals surface area contributed by atoms with Gasteiger partial charge in [0.2, 0.25) is 11.7 Å². The number of amides is 1. The largest absolute Gasteiger partial charge is 0.493 e. The predicted molar refractivity (Wildman–Crippen MR) is 120 cm³/mol. The monoisotopic (exact) mass is 425 g/mol. The van der Waals surface area contributed by atoms with E-state index in [-0.39, 0.29) is 5.91 Å². The lowest BCUT2D eigenvalue weighted by atomic mass is 10.0. The van der Waals surface area contributed by atoms with E-state index in [9.17, 15) is 4.79 Å².